The van der Waals surface area contributed by atoms with E-state index in [9.17, 15) is 4.79 Å². The molecule has 0 aliphatic carbocycles. The second-order valence-corrected chi connectivity index (χ2v) is 5.22. The van der Waals surface area contributed by atoms with E-state index < -0.39 is 0 Å². The molecule has 0 fully saturated rings. The zero-order valence-corrected chi connectivity index (χ0v) is 12.8. The van der Waals surface area contributed by atoms with Gasteiger partial charge in [-0.2, -0.15) is 0 Å². The van der Waals surface area contributed by atoms with E-state index in [1.165, 1.54) is 0 Å². The quantitative estimate of drug-likeness (QED) is 0.897. The van der Waals surface area contributed by atoms with Gasteiger partial charge in [0.05, 0.1) is 0 Å². The first kappa shape index (κ1) is 14.6. The molecule has 0 aromatic heterocycles. The molecule has 0 aliphatic rings. The van der Waals surface area contributed by atoms with Crippen LogP contribution in [-0.4, -0.2) is 12.5 Å². The number of benzene rings is 2. The van der Waals surface area contributed by atoms with Crippen molar-refractivity contribution in [2.75, 3.05) is 11.9 Å². The number of aryl methyl sites for hydroxylation is 1. The normalized spacial score (nSPS) is 10.1. The molecule has 0 bridgehead atoms. The molecule has 104 valence electrons. The maximum Gasteiger partial charge on any atom is 0.262 e. The van der Waals surface area contributed by atoms with Crippen LogP contribution >= 0.6 is 15.9 Å². The van der Waals surface area contributed by atoms with E-state index in [0.29, 0.717) is 0 Å². The maximum absolute atomic E-state index is 11.8. The number of carbonyl (C=O) groups excluding carboxylic acids is 1. The molecule has 2 aromatic carbocycles. The Labute approximate surface area is 127 Å². The summed E-state index contributed by atoms with van der Waals surface area (Å²) in [5.74, 6) is 0.591. The van der Waals surface area contributed by atoms with Gasteiger partial charge in [-0.3, -0.25) is 4.79 Å². The maximum atomic E-state index is 11.8. The number of ether oxygens (including phenoxy) is 1. The zero-order chi connectivity index (χ0) is 14.4. The van der Waals surface area contributed by atoms with Crippen LogP contribution in [0.2, 0.25) is 0 Å². The van der Waals surface area contributed by atoms with Crippen LogP contribution in [-0.2, 0) is 11.2 Å². The predicted octanol–water partition coefficient (Wildman–Crippen LogP) is 4.03. The predicted molar refractivity (Wildman–Crippen MR) is 84.1 cm³/mol. The van der Waals surface area contributed by atoms with Gasteiger partial charge in [-0.05, 0) is 36.2 Å². The van der Waals surface area contributed by atoms with Gasteiger partial charge in [-0.1, -0.05) is 47.1 Å². The molecule has 3 nitrogen and oxygen atoms in total. The number of para-hydroxylation sites is 1. The lowest BCUT2D eigenvalue weighted by Crippen LogP contribution is -2.20. The van der Waals surface area contributed by atoms with Crippen molar-refractivity contribution in [2.45, 2.75) is 13.3 Å². The average Bonchev–Trinajstić information content (AvgIpc) is 2.45. The fraction of sp³-hybridized carbons (Fsp3) is 0.188. The van der Waals surface area contributed by atoms with Gasteiger partial charge in [-0.15, -0.1) is 0 Å². The van der Waals surface area contributed by atoms with Crippen LogP contribution in [0.1, 0.15) is 12.5 Å². The number of rotatable bonds is 5. The van der Waals surface area contributed by atoms with Gasteiger partial charge in [0.15, 0.2) is 6.61 Å². The van der Waals surface area contributed by atoms with Gasteiger partial charge in [0.1, 0.15) is 5.75 Å². The molecule has 1 amide bonds. The van der Waals surface area contributed by atoms with Crippen LogP contribution in [0.3, 0.4) is 0 Å². The van der Waals surface area contributed by atoms with E-state index in [-0.39, 0.29) is 12.5 Å². The summed E-state index contributed by atoms with van der Waals surface area (Å²) >= 11 is 3.36. The Hall–Kier alpha value is -1.81. The van der Waals surface area contributed by atoms with Gasteiger partial charge in [0.25, 0.3) is 5.91 Å². The lowest BCUT2D eigenvalue weighted by Gasteiger charge is -2.10. The number of carbonyl (C=O) groups is 1. The van der Waals surface area contributed by atoms with Gasteiger partial charge in [-0.25, -0.2) is 0 Å². The third kappa shape index (κ3) is 4.10. The van der Waals surface area contributed by atoms with Crippen molar-refractivity contribution in [3.8, 4) is 5.75 Å². The molecule has 2 rings (SSSR count). The highest BCUT2D eigenvalue weighted by molar-refractivity contribution is 9.10. The summed E-state index contributed by atoms with van der Waals surface area (Å²) in [6.07, 6.45) is 0.878. The Morgan fingerprint density at radius 1 is 1.20 bits per heavy atom. The monoisotopic (exact) mass is 333 g/mol. The molecular formula is C16H16BrNO2. The number of amides is 1. The SMILES string of the molecule is CCc1ccccc1OCC(=O)Nc1cccc(Br)c1. The smallest absolute Gasteiger partial charge is 0.262 e. The van der Waals surface area contributed by atoms with Gasteiger partial charge in [0.2, 0.25) is 0 Å². The number of nitrogens with one attached hydrogen (secondary N) is 1. The van der Waals surface area contributed by atoms with Crippen LogP contribution in [0.15, 0.2) is 53.0 Å². The average molecular weight is 334 g/mol. The highest BCUT2D eigenvalue weighted by atomic mass is 79.9. The molecule has 0 atom stereocenters. The summed E-state index contributed by atoms with van der Waals surface area (Å²) in [5, 5.41) is 2.80. The van der Waals surface area contributed by atoms with Crippen LogP contribution in [0, 0.1) is 0 Å². The fourth-order valence-corrected chi connectivity index (χ4v) is 2.24. The van der Waals surface area contributed by atoms with Crippen molar-refractivity contribution in [1.82, 2.24) is 0 Å². The summed E-state index contributed by atoms with van der Waals surface area (Å²) in [5.41, 5.74) is 1.85. The second kappa shape index (κ2) is 7.10. The highest BCUT2D eigenvalue weighted by Gasteiger charge is 2.06. The Bertz CT molecular complexity index is 599. The molecule has 2 aromatic rings. The third-order valence-electron chi connectivity index (χ3n) is 2.82. The van der Waals surface area contributed by atoms with Crippen LogP contribution in [0.25, 0.3) is 0 Å². The molecule has 0 heterocycles. The fourth-order valence-electron chi connectivity index (χ4n) is 1.84. The van der Waals surface area contributed by atoms with Crippen molar-refractivity contribution in [3.05, 3.63) is 58.6 Å². The zero-order valence-electron chi connectivity index (χ0n) is 11.2. The summed E-state index contributed by atoms with van der Waals surface area (Å²) in [6.45, 7) is 2.06. The second-order valence-electron chi connectivity index (χ2n) is 4.31. The molecule has 0 unspecified atom stereocenters. The van der Waals surface area contributed by atoms with Crippen LogP contribution < -0.4 is 10.1 Å². The molecule has 20 heavy (non-hydrogen) atoms. The summed E-state index contributed by atoms with van der Waals surface area (Å²) in [7, 11) is 0. The Kier molecular flexibility index (Phi) is 5.18. The van der Waals surface area contributed by atoms with Crippen molar-refractivity contribution in [1.29, 1.82) is 0 Å². The molecule has 0 saturated heterocycles. The topological polar surface area (TPSA) is 38.3 Å². The summed E-state index contributed by atoms with van der Waals surface area (Å²) < 4.78 is 6.49. The van der Waals surface area contributed by atoms with Crippen LogP contribution in [0.5, 0.6) is 5.75 Å². The first-order valence-corrected chi connectivity index (χ1v) is 7.24. The first-order valence-electron chi connectivity index (χ1n) is 6.45. The molecule has 0 saturated carbocycles. The third-order valence-corrected chi connectivity index (χ3v) is 3.31. The first-order chi connectivity index (χ1) is 9.69. The van der Waals surface area contributed by atoms with Crippen molar-refractivity contribution < 1.29 is 9.53 Å². The van der Waals surface area contributed by atoms with Gasteiger partial charge < -0.3 is 10.1 Å². The number of anilines is 1. The van der Waals surface area contributed by atoms with Crippen molar-refractivity contribution in [3.63, 3.8) is 0 Å². The van der Waals surface area contributed by atoms with E-state index in [0.717, 1.165) is 27.9 Å². The van der Waals surface area contributed by atoms with E-state index in [1.807, 2.05) is 48.5 Å². The molecule has 0 radical (unpaired) electrons. The minimum absolute atomic E-state index is 0.00350. The Morgan fingerprint density at radius 2 is 2.00 bits per heavy atom. The Morgan fingerprint density at radius 3 is 2.75 bits per heavy atom. The lowest BCUT2D eigenvalue weighted by atomic mass is 10.1. The standard InChI is InChI=1S/C16H16BrNO2/c1-2-12-6-3-4-9-15(12)20-11-16(19)18-14-8-5-7-13(17)10-14/h3-10H,2,11H2,1H3,(H,18,19). The molecule has 1 N–H and O–H groups in total. The summed E-state index contributed by atoms with van der Waals surface area (Å²) in [6, 6.07) is 15.2. The molecule has 0 aliphatic heterocycles. The highest BCUT2D eigenvalue weighted by Crippen LogP contribution is 2.19. The van der Waals surface area contributed by atoms with Crippen LogP contribution in [0.4, 0.5) is 5.69 Å². The molecule has 0 spiro atoms. The number of hydrogen-bond donors (Lipinski definition) is 1. The number of hydrogen-bond acceptors (Lipinski definition) is 2. The van der Waals surface area contributed by atoms with Crippen molar-refractivity contribution >= 4 is 27.5 Å². The lowest BCUT2D eigenvalue weighted by molar-refractivity contribution is -0.118. The van der Waals surface area contributed by atoms with E-state index in [1.54, 1.807) is 0 Å². The minimum Gasteiger partial charge on any atom is -0.483 e. The van der Waals surface area contributed by atoms with E-state index in [2.05, 4.69) is 28.2 Å². The van der Waals surface area contributed by atoms with Gasteiger partial charge >= 0.3 is 0 Å². The largest absolute Gasteiger partial charge is 0.483 e. The van der Waals surface area contributed by atoms with E-state index >= 15 is 0 Å². The van der Waals surface area contributed by atoms with E-state index in [4.69, 9.17) is 4.74 Å². The number of halogens is 1. The Balaban J connectivity index is 1.92. The minimum atomic E-state index is -0.172. The van der Waals surface area contributed by atoms with Crippen molar-refractivity contribution in [2.24, 2.45) is 0 Å². The molecular weight excluding hydrogens is 318 g/mol. The summed E-state index contributed by atoms with van der Waals surface area (Å²) in [4.78, 5) is 11.8. The molecule has 4 heteroatoms. The van der Waals surface area contributed by atoms with Gasteiger partial charge in [0, 0.05) is 10.2 Å².